The lowest BCUT2D eigenvalue weighted by Crippen LogP contribution is -2.12. The van der Waals surface area contributed by atoms with E-state index in [1.54, 1.807) is 0 Å². The number of pyridine rings is 1. The van der Waals surface area contributed by atoms with Gasteiger partial charge < -0.3 is 15.5 Å². The fourth-order valence-electron chi connectivity index (χ4n) is 1.48. The molecule has 2 heterocycles. The van der Waals surface area contributed by atoms with Gasteiger partial charge in [-0.1, -0.05) is 0 Å². The summed E-state index contributed by atoms with van der Waals surface area (Å²) in [7, 11) is 1.93. The third-order valence-corrected chi connectivity index (χ3v) is 2.23. The summed E-state index contributed by atoms with van der Waals surface area (Å²) in [6.07, 6.45) is 4.69. The number of nitrogen functional groups attached to an aromatic ring is 1. The Balaban J connectivity index is 2.40. The third-order valence-electron chi connectivity index (χ3n) is 2.23. The van der Waals surface area contributed by atoms with Crippen LogP contribution >= 0.6 is 0 Å². The second-order valence-corrected chi connectivity index (χ2v) is 3.29. The van der Waals surface area contributed by atoms with Gasteiger partial charge in [0, 0.05) is 24.8 Å². The van der Waals surface area contributed by atoms with Gasteiger partial charge in [-0.3, -0.25) is 0 Å². The summed E-state index contributed by atoms with van der Waals surface area (Å²) in [4.78, 5) is 4.34. The molecule has 0 aliphatic rings. The summed E-state index contributed by atoms with van der Waals surface area (Å²) in [5, 5.41) is 3.10. The minimum absolute atomic E-state index is 0.765. The Morgan fingerprint density at radius 1 is 1.50 bits per heavy atom. The van der Waals surface area contributed by atoms with Crippen molar-refractivity contribution in [2.45, 2.75) is 6.42 Å². The fourth-order valence-corrected chi connectivity index (χ4v) is 1.48. The Morgan fingerprint density at radius 2 is 2.36 bits per heavy atom. The van der Waals surface area contributed by atoms with Crippen molar-refractivity contribution in [2.24, 2.45) is 0 Å². The first-order valence-corrected chi connectivity index (χ1v) is 4.67. The van der Waals surface area contributed by atoms with E-state index < -0.39 is 0 Å². The number of imidazole rings is 1. The molecule has 0 atom stereocenters. The summed E-state index contributed by atoms with van der Waals surface area (Å²) in [6.45, 7) is 0.925. The van der Waals surface area contributed by atoms with Crippen LogP contribution in [-0.4, -0.2) is 23.0 Å². The zero-order chi connectivity index (χ0) is 9.97. The Hall–Kier alpha value is -1.55. The monoisotopic (exact) mass is 190 g/mol. The Kier molecular flexibility index (Phi) is 2.37. The molecular formula is C10H14N4. The van der Waals surface area contributed by atoms with Crippen LogP contribution in [0.4, 0.5) is 5.69 Å². The van der Waals surface area contributed by atoms with Crippen molar-refractivity contribution in [3.63, 3.8) is 0 Å². The highest BCUT2D eigenvalue weighted by Crippen LogP contribution is 2.10. The zero-order valence-electron chi connectivity index (χ0n) is 8.20. The number of hydrogen-bond acceptors (Lipinski definition) is 3. The summed E-state index contributed by atoms with van der Waals surface area (Å²) >= 11 is 0. The summed E-state index contributed by atoms with van der Waals surface area (Å²) in [5.74, 6) is 1.04. The van der Waals surface area contributed by atoms with Crippen LogP contribution < -0.4 is 11.1 Å². The predicted molar refractivity (Wildman–Crippen MR) is 57.2 cm³/mol. The molecule has 0 fully saturated rings. The number of hydrogen-bond donors (Lipinski definition) is 2. The van der Waals surface area contributed by atoms with Crippen LogP contribution in [0.5, 0.6) is 0 Å². The molecule has 2 aromatic rings. The van der Waals surface area contributed by atoms with Crippen LogP contribution in [-0.2, 0) is 6.42 Å². The summed E-state index contributed by atoms with van der Waals surface area (Å²) < 4.78 is 2.03. The molecule has 0 bridgehead atoms. The molecule has 0 saturated heterocycles. The Morgan fingerprint density at radius 3 is 3.14 bits per heavy atom. The average molecular weight is 190 g/mol. The predicted octanol–water partition coefficient (Wildman–Crippen LogP) is 0.678. The topological polar surface area (TPSA) is 55.3 Å². The van der Waals surface area contributed by atoms with Gasteiger partial charge in [-0.25, -0.2) is 4.98 Å². The number of rotatable bonds is 3. The largest absolute Gasteiger partial charge is 0.398 e. The van der Waals surface area contributed by atoms with Crippen LogP contribution in [0, 0.1) is 0 Å². The second-order valence-electron chi connectivity index (χ2n) is 3.29. The van der Waals surface area contributed by atoms with Crippen molar-refractivity contribution in [1.29, 1.82) is 0 Å². The minimum atomic E-state index is 0.765. The molecule has 0 aliphatic heterocycles. The van der Waals surface area contributed by atoms with Gasteiger partial charge in [0.15, 0.2) is 0 Å². The van der Waals surface area contributed by atoms with Crippen LogP contribution in [0.3, 0.4) is 0 Å². The van der Waals surface area contributed by atoms with Gasteiger partial charge in [0.05, 0.1) is 11.7 Å². The standard InChI is InChI=1S/C10H14N4/c1-12-5-4-10-13-6-9-3-2-8(11)7-14(9)10/h2-3,6-7,12H,4-5,11H2,1H3. The third kappa shape index (κ3) is 1.56. The van der Waals surface area contributed by atoms with E-state index >= 15 is 0 Å². The molecule has 2 rings (SSSR count). The van der Waals surface area contributed by atoms with Gasteiger partial charge in [-0.15, -0.1) is 0 Å². The minimum Gasteiger partial charge on any atom is -0.398 e. The van der Waals surface area contributed by atoms with E-state index in [1.165, 1.54) is 0 Å². The summed E-state index contributed by atoms with van der Waals surface area (Å²) in [6, 6.07) is 3.87. The van der Waals surface area contributed by atoms with Crippen molar-refractivity contribution in [3.05, 3.63) is 30.4 Å². The van der Waals surface area contributed by atoms with Gasteiger partial charge in [0.25, 0.3) is 0 Å². The maximum Gasteiger partial charge on any atom is 0.114 e. The lowest BCUT2D eigenvalue weighted by atomic mass is 10.3. The van der Waals surface area contributed by atoms with Gasteiger partial charge in [0.1, 0.15) is 5.82 Å². The average Bonchev–Trinajstić information content (AvgIpc) is 2.57. The van der Waals surface area contributed by atoms with Crippen LogP contribution in [0.1, 0.15) is 5.82 Å². The van der Waals surface area contributed by atoms with Crippen LogP contribution in [0.25, 0.3) is 5.52 Å². The highest BCUT2D eigenvalue weighted by molar-refractivity contribution is 5.52. The number of nitrogens with one attached hydrogen (secondary N) is 1. The molecule has 2 aromatic heterocycles. The smallest absolute Gasteiger partial charge is 0.114 e. The van der Waals surface area contributed by atoms with Gasteiger partial charge in [0.2, 0.25) is 0 Å². The SMILES string of the molecule is CNCCc1ncc2ccc(N)cn12. The van der Waals surface area contributed by atoms with E-state index in [4.69, 9.17) is 5.73 Å². The molecule has 0 aromatic carbocycles. The number of fused-ring (bicyclic) bond motifs is 1. The fraction of sp³-hybridized carbons (Fsp3) is 0.300. The van der Waals surface area contributed by atoms with Crippen LogP contribution in [0.15, 0.2) is 24.5 Å². The highest BCUT2D eigenvalue weighted by atomic mass is 15.0. The normalized spacial score (nSPS) is 10.9. The molecular weight excluding hydrogens is 176 g/mol. The molecule has 0 aliphatic carbocycles. The molecule has 0 saturated carbocycles. The van der Waals surface area contributed by atoms with Crippen molar-refractivity contribution < 1.29 is 0 Å². The number of likely N-dealkylation sites (N-methyl/N-ethyl adjacent to an activating group) is 1. The Labute approximate surface area is 82.8 Å². The van der Waals surface area contributed by atoms with Gasteiger partial charge in [-0.05, 0) is 19.2 Å². The Bertz CT molecular complexity index is 433. The molecule has 0 unspecified atom stereocenters. The van der Waals surface area contributed by atoms with E-state index in [0.29, 0.717) is 0 Å². The van der Waals surface area contributed by atoms with Crippen molar-refractivity contribution in [2.75, 3.05) is 19.3 Å². The number of aromatic nitrogens is 2. The molecule has 4 heteroatoms. The van der Waals surface area contributed by atoms with Crippen molar-refractivity contribution in [1.82, 2.24) is 14.7 Å². The van der Waals surface area contributed by atoms with E-state index in [9.17, 15) is 0 Å². The molecule has 4 nitrogen and oxygen atoms in total. The van der Waals surface area contributed by atoms with Gasteiger partial charge >= 0.3 is 0 Å². The zero-order valence-corrected chi connectivity index (χ0v) is 8.20. The first-order chi connectivity index (χ1) is 6.81. The molecule has 0 spiro atoms. The number of anilines is 1. The first-order valence-electron chi connectivity index (χ1n) is 4.67. The van der Waals surface area contributed by atoms with Crippen molar-refractivity contribution in [3.8, 4) is 0 Å². The van der Waals surface area contributed by atoms with E-state index in [-0.39, 0.29) is 0 Å². The highest BCUT2D eigenvalue weighted by Gasteiger charge is 2.02. The quantitative estimate of drug-likeness (QED) is 0.748. The second kappa shape index (κ2) is 3.67. The molecule has 74 valence electrons. The number of nitrogens with zero attached hydrogens (tertiary/aromatic N) is 2. The molecule has 0 amide bonds. The van der Waals surface area contributed by atoms with Crippen LogP contribution in [0.2, 0.25) is 0 Å². The first kappa shape index (κ1) is 9.02. The lowest BCUT2D eigenvalue weighted by Gasteiger charge is -2.01. The molecule has 3 N–H and O–H groups in total. The van der Waals surface area contributed by atoms with E-state index in [0.717, 1.165) is 30.0 Å². The summed E-state index contributed by atoms with van der Waals surface area (Å²) in [5.41, 5.74) is 7.57. The van der Waals surface area contributed by atoms with E-state index in [1.807, 2.05) is 36.0 Å². The number of nitrogens with two attached hydrogens (primary N) is 1. The maximum absolute atomic E-state index is 5.72. The maximum atomic E-state index is 5.72. The van der Waals surface area contributed by atoms with Gasteiger partial charge in [-0.2, -0.15) is 0 Å². The lowest BCUT2D eigenvalue weighted by molar-refractivity contribution is 0.753. The van der Waals surface area contributed by atoms with E-state index in [2.05, 4.69) is 10.3 Å². The van der Waals surface area contributed by atoms with Crippen molar-refractivity contribution >= 4 is 11.2 Å². The molecule has 14 heavy (non-hydrogen) atoms. The molecule has 0 radical (unpaired) electrons.